The third-order valence-electron chi connectivity index (χ3n) is 3.41. The summed E-state index contributed by atoms with van der Waals surface area (Å²) in [6.45, 7) is 7.52. The van der Waals surface area contributed by atoms with Crippen LogP contribution in [0.3, 0.4) is 0 Å². The maximum atomic E-state index is 12.3. The average molecular weight is 320 g/mol. The molecule has 0 aliphatic carbocycles. The molecule has 2 atom stereocenters. The molecule has 5 nitrogen and oxygen atoms in total. The van der Waals surface area contributed by atoms with E-state index in [9.17, 15) is 14.7 Å². The van der Waals surface area contributed by atoms with E-state index >= 15 is 0 Å². The molecule has 3 N–H and O–H groups in total. The summed E-state index contributed by atoms with van der Waals surface area (Å²) >= 11 is 0. The molecule has 128 valence electrons. The van der Waals surface area contributed by atoms with Crippen LogP contribution in [0, 0.1) is 5.41 Å². The average Bonchev–Trinajstić information content (AvgIpc) is 2.44. The first-order valence-electron chi connectivity index (χ1n) is 7.93. The van der Waals surface area contributed by atoms with Crippen molar-refractivity contribution in [3.63, 3.8) is 0 Å². The highest BCUT2D eigenvalue weighted by Gasteiger charge is 2.22. The number of carbonyl (C=O) groups excluding carboxylic acids is 2. The Morgan fingerprint density at radius 3 is 2.22 bits per heavy atom. The van der Waals surface area contributed by atoms with E-state index in [2.05, 4.69) is 31.4 Å². The van der Waals surface area contributed by atoms with E-state index in [1.54, 1.807) is 0 Å². The standard InChI is InChI=1S/C18H28N2O3/c1-13(22)19-16(14-8-6-5-7-9-14)10-17(23)20-15(12-21)11-18(2,3)4/h5-9,15-16,21H,10-12H2,1-4H3,(H,19,22)(H,20,23). The second-order valence-corrected chi connectivity index (χ2v) is 7.08. The Morgan fingerprint density at radius 2 is 1.74 bits per heavy atom. The van der Waals surface area contributed by atoms with Gasteiger partial charge in [0.2, 0.25) is 11.8 Å². The second kappa shape index (κ2) is 8.67. The molecule has 0 heterocycles. The predicted molar refractivity (Wildman–Crippen MR) is 90.7 cm³/mol. The van der Waals surface area contributed by atoms with Crippen molar-refractivity contribution in [3.05, 3.63) is 35.9 Å². The van der Waals surface area contributed by atoms with Crippen molar-refractivity contribution < 1.29 is 14.7 Å². The van der Waals surface area contributed by atoms with E-state index in [4.69, 9.17) is 0 Å². The summed E-state index contributed by atoms with van der Waals surface area (Å²) in [4.78, 5) is 23.7. The van der Waals surface area contributed by atoms with Crippen molar-refractivity contribution in [1.82, 2.24) is 10.6 Å². The van der Waals surface area contributed by atoms with Gasteiger partial charge in [-0.25, -0.2) is 0 Å². The number of nitrogens with one attached hydrogen (secondary N) is 2. The molecule has 0 radical (unpaired) electrons. The minimum Gasteiger partial charge on any atom is -0.394 e. The van der Waals surface area contributed by atoms with E-state index in [0.717, 1.165) is 5.56 Å². The molecule has 0 saturated carbocycles. The normalized spacial score (nSPS) is 14.0. The van der Waals surface area contributed by atoms with Crippen LogP contribution in [-0.2, 0) is 9.59 Å². The third-order valence-corrected chi connectivity index (χ3v) is 3.41. The number of hydrogen-bond donors (Lipinski definition) is 3. The summed E-state index contributed by atoms with van der Waals surface area (Å²) in [7, 11) is 0. The first kappa shape index (κ1) is 19.2. The highest BCUT2D eigenvalue weighted by molar-refractivity contribution is 5.79. The predicted octanol–water partition coefficient (Wildman–Crippen LogP) is 2.17. The van der Waals surface area contributed by atoms with Crippen LogP contribution in [0.1, 0.15) is 52.1 Å². The lowest BCUT2D eigenvalue weighted by Gasteiger charge is -2.26. The molecule has 0 saturated heterocycles. The third kappa shape index (κ3) is 7.79. The van der Waals surface area contributed by atoms with Gasteiger partial charge in [0.05, 0.1) is 25.1 Å². The molecule has 1 rings (SSSR count). The summed E-state index contributed by atoms with van der Waals surface area (Å²) in [5, 5.41) is 15.1. The van der Waals surface area contributed by atoms with E-state index < -0.39 is 0 Å². The van der Waals surface area contributed by atoms with Gasteiger partial charge in [-0.15, -0.1) is 0 Å². The van der Waals surface area contributed by atoms with Crippen molar-refractivity contribution in [2.75, 3.05) is 6.61 Å². The van der Waals surface area contributed by atoms with Gasteiger partial charge in [-0.1, -0.05) is 51.1 Å². The highest BCUT2D eigenvalue weighted by Crippen LogP contribution is 2.21. The Bertz CT molecular complexity index is 509. The Morgan fingerprint density at radius 1 is 1.13 bits per heavy atom. The fourth-order valence-corrected chi connectivity index (χ4v) is 2.56. The van der Waals surface area contributed by atoms with E-state index in [1.807, 2.05) is 30.3 Å². The van der Waals surface area contributed by atoms with Gasteiger partial charge in [0.1, 0.15) is 0 Å². The van der Waals surface area contributed by atoms with Crippen molar-refractivity contribution in [2.24, 2.45) is 5.41 Å². The van der Waals surface area contributed by atoms with Crippen molar-refractivity contribution in [3.8, 4) is 0 Å². The van der Waals surface area contributed by atoms with Crippen LogP contribution < -0.4 is 10.6 Å². The Labute approximate surface area is 138 Å². The van der Waals surface area contributed by atoms with Crippen LogP contribution >= 0.6 is 0 Å². The molecule has 0 aromatic heterocycles. The molecule has 23 heavy (non-hydrogen) atoms. The molecule has 0 aliphatic heterocycles. The molecule has 0 bridgehead atoms. The van der Waals surface area contributed by atoms with Gasteiger partial charge < -0.3 is 15.7 Å². The SMILES string of the molecule is CC(=O)NC(CC(=O)NC(CO)CC(C)(C)C)c1ccccc1. The molecule has 2 amide bonds. The monoisotopic (exact) mass is 320 g/mol. The molecule has 0 aliphatic rings. The van der Waals surface area contributed by atoms with E-state index in [-0.39, 0.29) is 42.3 Å². The van der Waals surface area contributed by atoms with Crippen molar-refractivity contribution in [2.45, 2.75) is 52.6 Å². The van der Waals surface area contributed by atoms with Gasteiger partial charge in [0.15, 0.2) is 0 Å². The molecule has 2 unspecified atom stereocenters. The largest absolute Gasteiger partial charge is 0.394 e. The van der Waals surface area contributed by atoms with Gasteiger partial charge in [0.25, 0.3) is 0 Å². The van der Waals surface area contributed by atoms with Crippen LogP contribution in [0.5, 0.6) is 0 Å². The number of rotatable bonds is 7. The van der Waals surface area contributed by atoms with Gasteiger partial charge in [-0.05, 0) is 17.4 Å². The van der Waals surface area contributed by atoms with Crippen LogP contribution in [0.25, 0.3) is 0 Å². The van der Waals surface area contributed by atoms with Gasteiger partial charge in [0, 0.05) is 6.92 Å². The van der Waals surface area contributed by atoms with Gasteiger partial charge in [-0.2, -0.15) is 0 Å². The number of carbonyl (C=O) groups is 2. The minimum absolute atomic E-state index is 0.0111. The molecular weight excluding hydrogens is 292 g/mol. The smallest absolute Gasteiger partial charge is 0.222 e. The summed E-state index contributed by atoms with van der Waals surface area (Å²) in [5.74, 6) is -0.365. The Hall–Kier alpha value is -1.88. The van der Waals surface area contributed by atoms with Crippen LogP contribution in [0.4, 0.5) is 0 Å². The summed E-state index contributed by atoms with van der Waals surface area (Å²) in [6.07, 6.45) is 0.829. The number of amides is 2. The molecule has 0 fully saturated rings. The lowest BCUT2D eigenvalue weighted by molar-refractivity contribution is -0.123. The fourth-order valence-electron chi connectivity index (χ4n) is 2.56. The zero-order valence-corrected chi connectivity index (χ0v) is 14.4. The maximum absolute atomic E-state index is 12.3. The quantitative estimate of drug-likeness (QED) is 0.720. The number of hydrogen-bond acceptors (Lipinski definition) is 3. The maximum Gasteiger partial charge on any atom is 0.222 e. The highest BCUT2D eigenvalue weighted by atomic mass is 16.3. The molecule has 1 aromatic rings. The van der Waals surface area contributed by atoms with Crippen LogP contribution in [0.15, 0.2) is 30.3 Å². The van der Waals surface area contributed by atoms with E-state index in [1.165, 1.54) is 6.92 Å². The number of aliphatic hydroxyl groups is 1. The molecule has 5 heteroatoms. The zero-order valence-electron chi connectivity index (χ0n) is 14.4. The van der Waals surface area contributed by atoms with Gasteiger partial charge >= 0.3 is 0 Å². The fraction of sp³-hybridized carbons (Fsp3) is 0.556. The van der Waals surface area contributed by atoms with Crippen LogP contribution in [-0.4, -0.2) is 29.6 Å². The second-order valence-electron chi connectivity index (χ2n) is 7.08. The lowest BCUT2D eigenvalue weighted by Crippen LogP contribution is -2.41. The summed E-state index contributed by atoms with van der Waals surface area (Å²) in [6, 6.07) is 8.74. The summed E-state index contributed by atoms with van der Waals surface area (Å²) in [5.41, 5.74) is 0.895. The molecule has 1 aromatic carbocycles. The van der Waals surface area contributed by atoms with Crippen molar-refractivity contribution >= 4 is 11.8 Å². The Balaban J connectivity index is 2.71. The first-order valence-corrected chi connectivity index (χ1v) is 7.93. The summed E-state index contributed by atoms with van der Waals surface area (Å²) < 4.78 is 0. The van der Waals surface area contributed by atoms with Gasteiger partial charge in [-0.3, -0.25) is 9.59 Å². The van der Waals surface area contributed by atoms with E-state index in [0.29, 0.717) is 6.42 Å². The topological polar surface area (TPSA) is 78.4 Å². The number of benzene rings is 1. The number of aliphatic hydroxyl groups excluding tert-OH is 1. The molecule has 0 spiro atoms. The van der Waals surface area contributed by atoms with Crippen LogP contribution in [0.2, 0.25) is 0 Å². The van der Waals surface area contributed by atoms with Crippen molar-refractivity contribution in [1.29, 1.82) is 0 Å². The minimum atomic E-state index is -0.373. The first-order chi connectivity index (χ1) is 10.7. The zero-order chi connectivity index (χ0) is 17.5. The Kier molecular flexibility index (Phi) is 7.23. The lowest BCUT2D eigenvalue weighted by atomic mass is 9.88. The molecular formula is C18H28N2O3.